The molecule has 0 bridgehead atoms. The van der Waals surface area contributed by atoms with Crippen molar-refractivity contribution in [1.29, 1.82) is 0 Å². The van der Waals surface area contributed by atoms with E-state index in [1.807, 2.05) is 0 Å². The number of halogens is 1. The molecule has 1 atom stereocenters. The molecule has 3 amide bonds. The van der Waals surface area contributed by atoms with E-state index in [9.17, 15) is 60.3 Å². The van der Waals surface area contributed by atoms with Crippen LogP contribution < -0.4 is 10.6 Å². The van der Waals surface area contributed by atoms with Crippen LogP contribution in [0.3, 0.4) is 0 Å². The molecule has 20 heteroatoms. The van der Waals surface area contributed by atoms with Crippen LogP contribution in [0.5, 0.6) is 0 Å². The number of hydrogen-bond acceptors (Lipinski definition) is 15. The zero-order valence-corrected chi connectivity index (χ0v) is 23.7. The third-order valence-electron chi connectivity index (χ3n) is 8.23. The zero-order chi connectivity index (χ0) is 33.5. The highest BCUT2D eigenvalue weighted by Crippen LogP contribution is 2.48. The Hall–Kier alpha value is -3.53. The van der Waals surface area contributed by atoms with Gasteiger partial charge in [-0.2, -0.15) is 0 Å². The van der Waals surface area contributed by atoms with Crippen molar-refractivity contribution in [2.45, 2.75) is 34.5 Å². The van der Waals surface area contributed by atoms with E-state index in [0.717, 1.165) is 12.1 Å². The number of carbonyl (C=O) groups excluding carboxylic acids is 3. The molecule has 2 aromatic rings. The molecular formula is C25H29B2FN4O13. The number of benzene rings is 2. The van der Waals surface area contributed by atoms with Gasteiger partial charge in [-0.05, 0) is 23.8 Å². The molecule has 0 aliphatic carbocycles. The molecule has 0 radical (unpaired) electrons. The summed E-state index contributed by atoms with van der Waals surface area (Å²) < 4.78 is 20.8. The minimum atomic E-state index is -4.61. The molecule has 2 fully saturated rings. The summed E-state index contributed by atoms with van der Waals surface area (Å²) in [5.41, 5.74) is -6.30. The van der Waals surface area contributed by atoms with Gasteiger partial charge in [-0.15, -0.1) is 0 Å². The van der Waals surface area contributed by atoms with Crippen molar-refractivity contribution in [3.8, 4) is 0 Å². The summed E-state index contributed by atoms with van der Waals surface area (Å²) in [7, 11) is 2.88. The van der Waals surface area contributed by atoms with Crippen LogP contribution in [0.4, 0.5) is 10.1 Å². The number of ether oxygens (including phenoxy) is 1. The second-order valence-electron chi connectivity index (χ2n) is 11.5. The second-order valence-corrected chi connectivity index (χ2v) is 11.5. The lowest BCUT2D eigenvalue weighted by Gasteiger charge is -2.51. The quantitative estimate of drug-likeness (QED) is 0.0801. The highest BCUT2D eigenvalue weighted by Gasteiger charge is 2.79. The summed E-state index contributed by atoms with van der Waals surface area (Å²) in [5.74, 6) is -22.0. The van der Waals surface area contributed by atoms with Crippen LogP contribution in [0.1, 0.15) is 27.0 Å². The van der Waals surface area contributed by atoms with Gasteiger partial charge in [0, 0.05) is 29.7 Å². The Morgan fingerprint density at radius 1 is 0.933 bits per heavy atom. The van der Waals surface area contributed by atoms with E-state index in [1.54, 1.807) is 0 Å². The van der Waals surface area contributed by atoms with Gasteiger partial charge in [0.15, 0.2) is 0 Å². The Balaban J connectivity index is 1.52. The summed E-state index contributed by atoms with van der Waals surface area (Å²) in [5, 5.41) is 98.4. The maximum Gasteiger partial charge on any atom is 0.306 e. The van der Waals surface area contributed by atoms with E-state index in [0.29, 0.717) is 0 Å². The largest absolute Gasteiger partial charge is 0.391 e. The number of aliphatic hydroxyl groups is 9. The summed E-state index contributed by atoms with van der Waals surface area (Å²) in [4.78, 5) is 38.7. The van der Waals surface area contributed by atoms with Gasteiger partial charge in [0.1, 0.15) is 21.5 Å². The van der Waals surface area contributed by atoms with Crippen molar-refractivity contribution in [3.63, 3.8) is 0 Å². The van der Waals surface area contributed by atoms with Gasteiger partial charge in [0.05, 0.1) is 24.3 Å². The van der Waals surface area contributed by atoms with Crippen LogP contribution in [0.15, 0.2) is 36.4 Å². The van der Waals surface area contributed by atoms with E-state index in [2.05, 4.69) is 5.32 Å². The van der Waals surface area contributed by atoms with Crippen molar-refractivity contribution >= 4 is 39.1 Å². The van der Waals surface area contributed by atoms with Gasteiger partial charge in [-0.3, -0.25) is 19.7 Å². The first-order valence-corrected chi connectivity index (χ1v) is 13.4. The van der Waals surface area contributed by atoms with E-state index >= 15 is 4.39 Å². The second kappa shape index (κ2) is 10.2. The molecule has 5 rings (SSSR count). The Labute approximate surface area is 254 Å². The van der Waals surface area contributed by atoms with Crippen molar-refractivity contribution < 1.29 is 69.5 Å². The van der Waals surface area contributed by atoms with Crippen LogP contribution in [0.2, 0.25) is 0 Å². The van der Waals surface area contributed by atoms with Gasteiger partial charge >= 0.3 is 5.79 Å². The van der Waals surface area contributed by atoms with Crippen molar-refractivity contribution in [3.05, 3.63) is 64.5 Å². The monoisotopic (exact) mass is 634 g/mol. The predicted molar refractivity (Wildman–Crippen MR) is 148 cm³/mol. The number of imide groups is 1. The maximum atomic E-state index is 15.5. The molecule has 0 aromatic heterocycles. The lowest BCUT2D eigenvalue weighted by atomic mass is 9.57. The van der Waals surface area contributed by atoms with Crippen LogP contribution in [0.25, 0.3) is 0 Å². The molecule has 240 valence electrons. The minimum absolute atomic E-state index is 0.0804. The summed E-state index contributed by atoms with van der Waals surface area (Å²) in [6.45, 7) is 0.802. The molecule has 45 heavy (non-hydrogen) atoms. The zero-order valence-electron chi connectivity index (χ0n) is 23.7. The highest BCUT2D eigenvalue weighted by atomic mass is 19.1. The standard InChI is InChI=1S/C25H29B2FN4O13/c26-22(27,13-5-4-11(10-14(13)28)23(39,40)31-6-8-45-9-7-31)30-15-3-1-2-12-16(15)24(41,42)32(17(12)33)20(36)18(34)29-19(35)21(37,38)25(20,43)44/h1-5,10,30,36-44H,6-9,26-27H2,(H,29,34,35). The van der Waals surface area contributed by atoms with E-state index in [-0.39, 0.29) is 43.1 Å². The number of carbonyl (C=O) groups is 3. The average molecular weight is 634 g/mol. The lowest BCUT2D eigenvalue weighted by molar-refractivity contribution is -0.433. The van der Waals surface area contributed by atoms with E-state index < -0.39 is 74.0 Å². The number of morpholine rings is 1. The number of nitrogens with zero attached hydrogens (tertiary/aromatic N) is 2. The number of piperidine rings is 1. The highest BCUT2D eigenvalue weighted by molar-refractivity contribution is 6.41. The summed E-state index contributed by atoms with van der Waals surface area (Å²) in [6.07, 6.45) is 0. The molecule has 17 nitrogen and oxygen atoms in total. The first-order chi connectivity index (χ1) is 20.6. The fourth-order valence-electron chi connectivity index (χ4n) is 5.73. The van der Waals surface area contributed by atoms with Gasteiger partial charge in [0.25, 0.3) is 41.1 Å². The smallest absolute Gasteiger partial charge is 0.306 e. The van der Waals surface area contributed by atoms with Gasteiger partial charge < -0.3 is 56.0 Å². The molecular weight excluding hydrogens is 605 g/mol. The maximum absolute atomic E-state index is 15.5. The van der Waals surface area contributed by atoms with Gasteiger partial charge in [-0.25, -0.2) is 14.2 Å². The first kappa shape index (κ1) is 32.9. The van der Waals surface area contributed by atoms with Crippen LogP contribution in [-0.4, -0.2) is 133 Å². The number of fused-ring (bicyclic) bond motifs is 1. The molecule has 0 spiro atoms. The Kier molecular flexibility index (Phi) is 7.47. The fourth-order valence-corrected chi connectivity index (χ4v) is 5.73. The molecule has 2 aromatic carbocycles. The molecule has 3 heterocycles. The molecule has 3 aliphatic rings. The number of amides is 3. The molecule has 11 N–H and O–H groups in total. The van der Waals surface area contributed by atoms with E-state index in [1.165, 1.54) is 50.2 Å². The Morgan fingerprint density at radius 3 is 2.16 bits per heavy atom. The average Bonchev–Trinajstić information content (AvgIpc) is 3.17. The van der Waals surface area contributed by atoms with Crippen molar-refractivity contribution in [2.24, 2.45) is 0 Å². The molecule has 0 saturated carbocycles. The summed E-state index contributed by atoms with van der Waals surface area (Å²) >= 11 is 0. The van der Waals surface area contributed by atoms with Crippen molar-refractivity contribution in [1.82, 2.24) is 15.1 Å². The van der Waals surface area contributed by atoms with Gasteiger partial charge in [-0.1, -0.05) is 18.2 Å². The lowest BCUT2D eigenvalue weighted by Crippen LogP contribution is -2.87. The number of nitrogens with one attached hydrogen (secondary N) is 2. The van der Waals surface area contributed by atoms with Gasteiger partial charge in [0.2, 0.25) is 0 Å². The Morgan fingerprint density at radius 2 is 1.56 bits per heavy atom. The normalized spacial score (nSPS) is 24.8. The van der Waals surface area contributed by atoms with Crippen LogP contribution in [-0.2, 0) is 31.5 Å². The fraction of sp³-hybridized carbons (Fsp3) is 0.400. The third-order valence-corrected chi connectivity index (χ3v) is 8.23. The topological polar surface area (TPSA) is 273 Å². The molecule has 2 saturated heterocycles. The summed E-state index contributed by atoms with van der Waals surface area (Å²) in [6, 6.07) is 6.80. The van der Waals surface area contributed by atoms with Crippen molar-refractivity contribution in [2.75, 3.05) is 31.6 Å². The van der Waals surface area contributed by atoms with E-state index in [4.69, 9.17) is 4.74 Å². The first-order valence-electron chi connectivity index (χ1n) is 13.4. The number of rotatable bonds is 6. The molecule has 3 aliphatic heterocycles. The Bertz CT molecular complexity index is 1600. The van der Waals surface area contributed by atoms with Crippen LogP contribution in [0, 0.1) is 5.82 Å². The molecule has 1 unspecified atom stereocenters. The SMILES string of the molecule is BC(B)(Nc1cccc2c1C(O)(O)N(C1(O)C(=O)NC(=O)C(O)(O)C1(O)O)C2=O)c1ccc(C(O)(O)N2CCOCC2)cc1F. The number of hydrogen-bond donors (Lipinski definition) is 11. The minimum Gasteiger partial charge on any atom is -0.391 e. The third kappa shape index (κ3) is 4.57. The van der Waals surface area contributed by atoms with Crippen LogP contribution >= 0.6 is 0 Å². The number of anilines is 1. The predicted octanol–water partition coefficient (Wildman–Crippen LogP) is -7.00.